The minimum absolute atomic E-state index is 0.0277. The van der Waals surface area contributed by atoms with E-state index in [0.717, 1.165) is 12.0 Å². The molecule has 226 valence electrons. The Hall–Kier alpha value is -3.46. The van der Waals surface area contributed by atoms with Crippen LogP contribution in [-0.4, -0.2) is 59.8 Å². The third-order valence-corrected chi connectivity index (χ3v) is 10.1. The van der Waals surface area contributed by atoms with Crippen LogP contribution in [-0.2, 0) is 28.6 Å². The van der Waals surface area contributed by atoms with Gasteiger partial charge in [-0.3, -0.25) is 9.59 Å². The van der Waals surface area contributed by atoms with Crippen LogP contribution in [0.5, 0.6) is 5.75 Å². The molecule has 1 aromatic rings. The summed E-state index contributed by atoms with van der Waals surface area (Å²) in [5.74, 6) is -0.997. The van der Waals surface area contributed by atoms with Crippen LogP contribution >= 0.6 is 0 Å². The number of carbonyl (C=O) groups is 4. The zero-order chi connectivity index (χ0) is 30.3. The summed E-state index contributed by atoms with van der Waals surface area (Å²) in [6.07, 6.45) is 5.42. The molecule has 1 aromatic carbocycles. The van der Waals surface area contributed by atoms with Crippen molar-refractivity contribution < 1.29 is 43.2 Å². The molecule has 1 N–H and O–H groups in total. The topological polar surface area (TPSA) is 125 Å². The number of hydrogen-bond donors (Lipinski definition) is 1. The van der Waals surface area contributed by atoms with E-state index in [-0.39, 0.29) is 43.0 Å². The minimum Gasteiger partial charge on any atom is -0.482 e. The quantitative estimate of drug-likeness (QED) is 0.433. The molecule has 0 aromatic heterocycles. The van der Waals surface area contributed by atoms with Gasteiger partial charge in [-0.2, -0.15) is 0 Å². The largest absolute Gasteiger partial charge is 0.509 e. The summed E-state index contributed by atoms with van der Waals surface area (Å²) in [4.78, 5) is 51.6. The molecule has 4 aliphatic rings. The molecule has 0 heterocycles. The summed E-state index contributed by atoms with van der Waals surface area (Å²) < 4.78 is 22.0. The van der Waals surface area contributed by atoms with E-state index in [9.17, 15) is 24.3 Å². The number of Topliss-reactive ketones (excluding diaryl/α,β-unsaturated/α-hetero) is 1. The molecule has 0 saturated heterocycles. The lowest BCUT2D eigenvalue weighted by molar-refractivity contribution is -0.186. The van der Waals surface area contributed by atoms with Gasteiger partial charge in [0, 0.05) is 16.7 Å². The SMILES string of the molecule is CC(C)OC(=O)O[C@]1(C(=O)COC(=O)COc2ccccc2)CC[C@H]2[C@@H]3CCC4=CC(=O)C=C[C@]4(C)[C@H]3C(O)C[C@@]21C. The van der Waals surface area contributed by atoms with Gasteiger partial charge >= 0.3 is 12.1 Å². The number of allylic oxidation sites excluding steroid dienone is 4. The highest BCUT2D eigenvalue weighted by atomic mass is 16.7. The van der Waals surface area contributed by atoms with Crippen molar-refractivity contribution in [3.05, 3.63) is 54.1 Å². The van der Waals surface area contributed by atoms with Crippen molar-refractivity contribution in [3.8, 4) is 5.75 Å². The van der Waals surface area contributed by atoms with Crippen molar-refractivity contribution in [1.29, 1.82) is 0 Å². The molecule has 1 unspecified atom stereocenters. The zero-order valence-corrected chi connectivity index (χ0v) is 24.7. The normalized spacial score (nSPS) is 34.9. The van der Waals surface area contributed by atoms with Crippen molar-refractivity contribution in [2.24, 2.45) is 28.6 Å². The predicted octanol–water partition coefficient (Wildman–Crippen LogP) is 4.76. The van der Waals surface area contributed by atoms with E-state index in [1.54, 1.807) is 50.3 Å². The lowest BCUT2D eigenvalue weighted by Crippen LogP contribution is -2.63. The van der Waals surface area contributed by atoms with E-state index >= 15 is 0 Å². The van der Waals surface area contributed by atoms with Gasteiger partial charge in [0.1, 0.15) is 5.75 Å². The van der Waals surface area contributed by atoms with E-state index in [4.69, 9.17) is 18.9 Å². The Bertz CT molecular complexity index is 1300. The molecule has 9 heteroatoms. The van der Waals surface area contributed by atoms with Crippen molar-refractivity contribution >= 4 is 23.7 Å². The highest BCUT2D eigenvalue weighted by Gasteiger charge is 2.70. The third-order valence-electron chi connectivity index (χ3n) is 10.1. The average Bonchev–Trinajstić information content (AvgIpc) is 3.22. The molecule has 0 aliphatic heterocycles. The van der Waals surface area contributed by atoms with E-state index in [2.05, 4.69) is 6.92 Å². The number of esters is 1. The molecule has 3 fully saturated rings. The van der Waals surface area contributed by atoms with E-state index in [0.29, 0.717) is 18.6 Å². The first-order chi connectivity index (χ1) is 19.9. The number of ketones is 2. The van der Waals surface area contributed by atoms with Gasteiger partial charge in [-0.15, -0.1) is 0 Å². The molecule has 0 radical (unpaired) electrons. The average molecular weight is 581 g/mol. The maximum atomic E-state index is 14.0. The number of hydrogen-bond acceptors (Lipinski definition) is 9. The molecular weight excluding hydrogens is 540 g/mol. The molecular formula is C33H40O9. The van der Waals surface area contributed by atoms with Crippen LogP contribution in [0.2, 0.25) is 0 Å². The summed E-state index contributed by atoms with van der Waals surface area (Å²) in [7, 11) is 0. The van der Waals surface area contributed by atoms with Crippen LogP contribution in [0.15, 0.2) is 54.1 Å². The molecule has 0 bridgehead atoms. The van der Waals surface area contributed by atoms with Crippen LogP contribution in [0.25, 0.3) is 0 Å². The van der Waals surface area contributed by atoms with Gasteiger partial charge in [-0.25, -0.2) is 9.59 Å². The van der Waals surface area contributed by atoms with Gasteiger partial charge in [-0.05, 0) is 82.1 Å². The molecule has 5 rings (SSSR count). The van der Waals surface area contributed by atoms with E-state index in [1.165, 1.54) is 0 Å². The van der Waals surface area contributed by atoms with Gasteiger partial charge in [-0.1, -0.05) is 43.7 Å². The Morgan fingerprint density at radius 3 is 2.52 bits per heavy atom. The summed E-state index contributed by atoms with van der Waals surface area (Å²) in [6.45, 7) is 6.37. The number of ether oxygens (including phenoxy) is 4. The van der Waals surface area contributed by atoms with Gasteiger partial charge in [0.15, 0.2) is 24.6 Å². The standard InChI is InChI=1S/C33H40O9/c1-20(2)41-30(38)42-33(27(36)18-40-28(37)19-39-23-8-6-5-7-9-23)15-13-25-24-11-10-21-16-22(34)12-14-31(21,3)29(24)26(35)17-32(25,33)4/h5-9,12,14,16,20,24-26,29,35H,10-11,13,15,17-19H2,1-4H3/t24-,25-,26?,29+,31-,32-,33-/m0/s1. The van der Waals surface area contributed by atoms with E-state index in [1.807, 2.05) is 19.1 Å². The maximum Gasteiger partial charge on any atom is 0.509 e. The van der Waals surface area contributed by atoms with Crippen molar-refractivity contribution in [3.63, 3.8) is 0 Å². The molecule has 0 amide bonds. The number of carbonyl (C=O) groups excluding carboxylic acids is 4. The summed E-state index contributed by atoms with van der Waals surface area (Å²) in [5.41, 5.74) is -2.02. The first kappa shape index (κ1) is 30.0. The molecule has 4 aliphatic carbocycles. The fourth-order valence-corrected chi connectivity index (χ4v) is 8.32. The highest BCUT2D eigenvalue weighted by molar-refractivity contribution is 6.01. The maximum absolute atomic E-state index is 14.0. The summed E-state index contributed by atoms with van der Waals surface area (Å²) >= 11 is 0. The monoisotopic (exact) mass is 580 g/mol. The Kier molecular flexibility index (Phi) is 8.09. The molecule has 3 saturated carbocycles. The predicted molar refractivity (Wildman–Crippen MR) is 151 cm³/mol. The number of aliphatic hydroxyl groups is 1. The summed E-state index contributed by atoms with van der Waals surface area (Å²) in [6, 6.07) is 8.78. The number of benzene rings is 1. The number of para-hydroxylation sites is 1. The Labute approximate surface area is 246 Å². The lowest BCUT2D eigenvalue weighted by atomic mass is 9.46. The van der Waals surface area contributed by atoms with Crippen molar-refractivity contribution in [2.75, 3.05) is 13.2 Å². The highest BCUT2D eigenvalue weighted by Crippen LogP contribution is 2.68. The second-order valence-electron chi connectivity index (χ2n) is 12.8. The first-order valence-electron chi connectivity index (χ1n) is 14.8. The Morgan fingerprint density at radius 1 is 1.07 bits per heavy atom. The second kappa shape index (κ2) is 11.3. The molecule has 7 atom stereocenters. The third kappa shape index (κ3) is 5.16. The van der Waals surface area contributed by atoms with Crippen LogP contribution in [0.1, 0.15) is 59.8 Å². The van der Waals surface area contributed by atoms with Crippen LogP contribution in [0.3, 0.4) is 0 Å². The number of aliphatic hydroxyl groups excluding tert-OH is 1. The van der Waals surface area contributed by atoms with Crippen LogP contribution in [0, 0.1) is 28.6 Å². The van der Waals surface area contributed by atoms with Crippen molar-refractivity contribution in [2.45, 2.75) is 77.6 Å². The second-order valence-corrected chi connectivity index (χ2v) is 12.8. The number of fused-ring (bicyclic) bond motifs is 5. The summed E-state index contributed by atoms with van der Waals surface area (Å²) in [5, 5.41) is 11.7. The first-order valence-corrected chi connectivity index (χ1v) is 14.8. The van der Waals surface area contributed by atoms with Crippen LogP contribution in [0.4, 0.5) is 4.79 Å². The molecule has 9 nitrogen and oxygen atoms in total. The van der Waals surface area contributed by atoms with Gasteiger partial charge < -0.3 is 24.1 Å². The van der Waals surface area contributed by atoms with Crippen molar-refractivity contribution in [1.82, 2.24) is 0 Å². The fraction of sp³-hybridized carbons (Fsp3) is 0.576. The lowest BCUT2D eigenvalue weighted by Gasteiger charge is -2.59. The van der Waals surface area contributed by atoms with Gasteiger partial charge in [0.25, 0.3) is 0 Å². The fourth-order valence-electron chi connectivity index (χ4n) is 8.32. The van der Waals surface area contributed by atoms with Gasteiger partial charge in [0.05, 0.1) is 12.2 Å². The molecule has 42 heavy (non-hydrogen) atoms. The van der Waals surface area contributed by atoms with Gasteiger partial charge in [0.2, 0.25) is 5.78 Å². The molecule has 0 spiro atoms. The zero-order valence-electron chi connectivity index (χ0n) is 24.7. The Morgan fingerprint density at radius 2 is 1.81 bits per heavy atom. The number of rotatable bonds is 8. The Balaban J connectivity index is 1.39. The van der Waals surface area contributed by atoms with E-state index < -0.39 is 53.2 Å². The smallest absolute Gasteiger partial charge is 0.482 e. The minimum atomic E-state index is -1.65. The van der Waals surface area contributed by atoms with Crippen LogP contribution < -0.4 is 4.74 Å².